The molecule has 5 heteroatoms. The van der Waals surface area contributed by atoms with Gasteiger partial charge in [0, 0.05) is 12.1 Å². The zero-order valence-electron chi connectivity index (χ0n) is 10.1. The number of thiophene rings is 1. The van der Waals surface area contributed by atoms with Crippen molar-refractivity contribution in [3.8, 4) is 10.6 Å². The van der Waals surface area contributed by atoms with Gasteiger partial charge in [-0.3, -0.25) is 9.78 Å². The summed E-state index contributed by atoms with van der Waals surface area (Å²) < 4.78 is 0.705. The smallest absolute Gasteiger partial charge is 0.226 e. The van der Waals surface area contributed by atoms with Crippen LogP contribution in [-0.2, 0) is 4.79 Å². The molecule has 0 saturated heterocycles. The van der Waals surface area contributed by atoms with Crippen molar-refractivity contribution in [1.82, 2.24) is 4.98 Å². The number of pyridine rings is 1. The summed E-state index contributed by atoms with van der Waals surface area (Å²) in [5.74, 6) is -0.0862. The van der Waals surface area contributed by atoms with E-state index < -0.39 is 0 Å². The highest BCUT2D eigenvalue weighted by molar-refractivity contribution is 7.19. The van der Waals surface area contributed by atoms with E-state index in [2.05, 4.69) is 10.3 Å². The first-order valence-electron chi connectivity index (χ1n) is 5.59. The summed E-state index contributed by atoms with van der Waals surface area (Å²) >= 11 is 7.36. The molecule has 0 radical (unpaired) electrons. The Kier molecular flexibility index (Phi) is 3.99. The van der Waals surface area contributed by atoms with Crippen molar-refractivity contribution in [3.63, 3.8) is 0 Å². The van der Waals surface area contributed by atoms with Crippen LogP contribution in [0.25, 0.3) is 10.6 Å². The Labute approximate surface area is 115 Å². The fraction of sp³-hybridized carbons (Fsp3) is 0.231. The Bertz CT molecular complexity index is 566. The lowest BCUT2D eigenvalue weighted by atomic mass is 10.2. The fourth-order valence-electron chi connectivity index (χ4n) is 1.42. The van der Waals surface area contributed by atoms with Gasteiger partial charge in [0.25, 0.3) is 0 Å². The number of carbonyl (C=O) groups excluding carboxylic acids is 1. The molecule has 2 aromatic rings. The second-order valence-corrected chi connectivity index (χ2v) is 5.86. The molecular weight excluding hydrogens is 268 g/mol. The quantitative estimate of drug-likeness (QED) is 0.921. The van der Waals surface area contributed by atoms with Crippen molar-refractivity contribution >= 4 is 34.5 Å². The lowest BCUT2D eigenvalue weighted by Gasteiger charge is -2.10. The molecular formula is C13H13ClN2OS. The fourth-order valence-corrected chi connectivity index (χ4v) is 2.48. The minimum Gasteiger partial charge on any atom is -0.324 e. The second-order valence-electron chi connectivity index (χ2n) is 4.15. The summed E-state index contributed by atoms with van der Waals surface area (Å²) in [5.41, 5.74) is 1.47. The van der Waals surface area contributed by atoms with E-state index in [1.165, 1.54) is 11.3 Å². The third-order valence-electron chi connectivity index (χ3n) is 2.40. The molecule has 0 saturated carbocycles. The normalized spacial score (nSPS) is 10.7. The minimum atomic E-state index is -0.0648. The minimum absolute atomic E-state index is 0.0214. The summed E-state index contributed by atoms with van der Waals surface area (Å²) in [7, 11) is 0. The molecule has 2 aromatic heterocycles. The van der Waals surface area contributed by atoms with Crippen LogP contribution in [0.2, 0.25) is 4.34 Å². The van der Waals surface area contributed by atoms with Gasteiger partial charge >= 0.3 is 0 Å². The van der Waals surface area contributed by atoms with Crippen LogP contribution in [0.3, 0.4) is 0 Å². The van der Waals surface area contributed by atoms with Gasteiger partial charge in [0.2, 0.25) is 5.91 Å². The van der Waals surface area contributed by atoms with Gasteiger partial charge in [0.1, 0.15) is 5.69 Å². The molecule has 0 unspecified atom stereocenters. The first-order valence-corrected chi connectivity index (χ1v) is 6.79. The van der Waals surface area contributed by atoms with Gasteiger partial charge < -0.3 is 5.32 Å². The molecule has 0 atom stereocenters. The summed E-state index contributed by atoms with van der Waals surface area (Å²) in [6, 6.07) is 7.37. The van der Waals surface area contributed by atoms with Gasteiger partial charge in [-0.15, -0.1) is 11.3 Å². The third-order valence-corrected chi connectivity index (χ3v) is 3.63. The third kappa shape index (κ3) is 2.89. The van der Waals surface area contributed by atoms with Crippen LogP contribution in [0.5, 0.6) is 0 Å². The van der Waals surface area contributed by atoms with Gasteiger partial charge in [-0.1, -0.05) is 25.4 Å². The molecule has 0 spiro atoms. The van der Waals surface area contributed by atoms with Crippen LogP contribution < -0.4 is 5.32 Å². The average molecular weight is 281 g/mol. The molecule has 2 rings (SSSR count). The number of halogens is 1. The maximum Gasteiger partial charge on any atom is 0.226 e. The number of carbonyl (C=O) groups is 1. The van der Waals surface area contributed by atoms with Crippen LogP contribution in [0.1, 0.15) is 13.8 Å². The molecule has 2 heterocycles. The highest BCUT2D eigenvalue weighted by Crippen LogP contribution is 2.33. The summed E-state index contributed by atoms with van der Waals surface area (Å²) in [6.45, 7) is 3.71. The molecule has 0 aliphatic carbocycles. The van der Waals surface area contributed by atoms with Crippen LogP contribution >= 0.6 is 22.9 Å². The molecule has 94 valence electrons. The van der Waals surface area contributed by atoms with E-state index in [1.807, 2.05) is 32.0 Å². The van der Waals surface area contributed by atoms with Crippen molar-refractivity contribution in [2.75, 3.05) is 5.32 Å². The van der Waals surface area contributed by atoms with E-state index in [0.717, 1.165) is 16.3 Å². The molecule has 0 aliphatic rings. The first kappa shape index (κ1) is 13.1. The van der Waals surface area contributed by atoms with E-state index in [0.29, 0.717) is 4.34 Å². The van der Waals surface area contributed by atoms with Crippen molar-refractivity contribution in [1.29, 1.82) is 0 Å². The predicted molar refractivity (Wildman–Crippen MR) is 76.0 cm³/mol. The van der Waals surface area contributed by atoms with Crippen molar-refractivity contribution < 1.29 is 4.79 Å². The van der Waals surface area contributed by atoms with Gasteiger partial charge in [-0.05, 0) is 24.3 Å². The van der Waals surface area contributed by atoms with Gasteiger partial charge in [-0.2, -0.15) is 0 Å². The summed E-state index contributed by atoms with van der Waals surface area (Å²) in [6.07, 6.45) is 1.70. The average Bonchev–Trinajstić information content (AvgIpc) is 2.76. The SMILES string of the molecule is CC(C)C(=O)Nc1cccnc1-c1ccc(Cl)s1. The van der Waals surface area contributed by atoms with Crippen LogP contribution in [0.15, 0.2) is 30.5 Å². The van der Waals surface area contributed by atoms with E-state index in [9.17, 15) is 4.79 Å². The van der Waals surface area contributed by atoms with E-state index in [1.54, 1.807) is 12.3 Å². The van der Waals surface area contributed by atoms with Crippen LogP contribution in [-0.4, -0.2) is 10.9 Å². The first-order chi connectivity index (χ1) is 8.58. The zero-order chi connectivity index (χ0) is 13.1. The maximum absolute atomic E-state index is 11.7. The number of hydrogen-bond donors (Lipinski definition) is 1. The van der Waals surface area contributed by atoms with Gasteiger partial charge in [0.05, 0.1) is 14.9 Å². The molecule has 0 aliphatic heterocycles. The van der Waals surface area contributed by atoms with E-state index in [4.69, 9.17) is 11.6 Å². The van der Waals surface area contributed by atoms with Crippen LogP contribution in [0, 0.1) is 5.92 Å². The second kappa shape index (κ2) is 5.50. The number of amides is 1. The van der Waals surface area contributed by atoms with Gasteiger partial charge in [-0.25, -0.2) is 0 Å². The van der Waals surface area contributed by atoms with Crippen molar-refractivity contribution in [3.05, 3.63) is 34.8 Å². The molecule has 18 heavy (non-hydrogen) atoms. The number of anilines is 1. The Balaban J connectivity index is 2.34. The molecule has 1 N–H and O–H groups in total. The lowest BCUT2D eigenvalue weighted by Crippen LogP contribution is -2.18. The van der Waals surface area contributed by atoms with Crippen molar-refractivity contribution in [2.24, 2.45) is 5.92 Å². The summed E-state index contributed by atoms with van der Waals surface area (Å²) in [4.78, 5) is 17.0. The van der Waals surface area contributed by atoms with E-state index in [-0.39, 0.29) is 11.8 Å². The topological polar surface area (TPSA) is 42.0 Å². The molecule has 3 nitrogen and oxygen atoms in total. The van der Waals surface area contributed by atoms with E-state index >= 15 is 0 Å². The standard InChI is InChI=1S/C13H13ClN2OS/c1-8(2)13(17)16-9-4-3-7-15-12(9)10-5-6-11(14)18-10/h3-8H,1-2H3,(H,16,17). The number of nitrogens with zero attached hydrogens (tertiary/aromatic N) is 1. The number of rotatable bonds is 3. The Morgan fingerprint density at radius 1 is 1.39 bits per heavy atom. The highest BCUT2D eigenvalue weighted by atomic mass is 35.5. The van der Waals surface area contributed by atoms with Crippen LogP contribution in [0.4, 0.5) is 5.69 Å². The summed E-state index contributed by atoms with van der Waals surface area (Å²) in [5, 5.41) is 2.88. The molecule has 0 fully saturated rings. The molecule has 0 aromatic carbocycles. The van der Waals surface area contributed by atoms with Crippen molar-refractivity contribution in [2.45, 2.75) is 13.8 Å². The van der Waals surface area contributed by atoms with Gasteiger partial charge in [0.15, 0.2) is 0 Å². The zero-order valence-corrected chi connectivity index (χ0v) is 11.7. The lowest BCUT2D eigenvalue weighted by molar-refractivity contribution is -0.118. The molecule has 1 amide bonds. The Morgan fingerprint density at radius 2 is 2.17 bits per heavy atom. The number of aromatic nitrogens is 1. The monoisotopic (exact) mass is 280 g/mol. The highest BCUT2D eigenvalue weighted by Gasteiger charge is 2.13. The Morgan fingerprint density at radius 3 is 2.78 bits per heavy atom. The molecule has 0 bridgehead atoms. The largest absolute Gasteiger partial charge is 0.324 e. The predicted octanol–water partition coefficient (Wildman–Crippen LogP) is 4.06. The Hall–Kier alpha value is -1.39. The number of nitrogens with one attached hydrogen (secondary N) is 1. The number of hydrogen-bond acceptors (Lipinski definition) is 3. The maximum atomic E-state index is 11.7.